The van der Waals surface area contributed by atoms with Crippen LogP contribution in [0.2, 0.25) is 10.0 Å². The molecule has 4 nitrogen and oxygen atoms in total. The SMILES string of the molecule is O=C(CSc1nc2ccc(N=Cc3ccc(Cl)cc3Cl)cc2s1)Nc1ccccc1C(F)(F)F. The molecule has 0 aliphatic heterocycles. The average molecular weight is 540 g/mol. The third kappa shape index (κ3) is 6.09. The molecule has 34 heavy (non-hydrogen) atoms. The Kier molecular flexibility index (Phi) is 7.47. The number of carbonyl (C=O) groups excluding carboxylic acids is 1. The van der Waals surface area contributed by atoms with Crippen molar-refractivity contribution in [1.82, 2.24) is 4.98 Å². The van der Waals surface area contributed by atoms with Gasteiger partial charge in [-0.15, -0.1) is 11.3 Å². The van der Waals surface area contributed by atoms with Crippen LogP contribution in [0.15, 0.2) is 70.0 Å². The van der Waals surface area contributed by atoms with E-state index in [1.54, 1.807) is 30.5 Å². The molecule has 0 unspecified atom stereocenters. The van der Waals surface area contributed by atoms with Crippen molar-refractivity contribution < 1.29 is 18.0 Å². The van der Waals surface area contributed by atoms with Gasteiger partial charge in [0.15, 0.2) is 4.34 Å². The molecule has 0 aliphatic carbocycles. The number of nitrogens with one attached hydrogen (secondary N) is 1. The van der Waals surface area contributed by atoms with Gasteiger partial charge < -0.3 is 5.32 Å². The first kappa shape index (κ1) is 24.5. The molecule has 4 aromatic rings. The Morgan fingerprint density at radius 2 is 1.91 bits per heavy atom. The van der Waals surface area contributed by atoms with E-state index >= 15 is 0 Å². The van der Waals surface area contributed by atoms with Gasteiger partial charge >= 0.3 is 6.18 Å². The van der Waals surface area contributed by atoms with Crippen LogP contribution < -0.4 is 5.32 Å². The fourth-order valence-electron chi connectivity index (χ4n) is 2.94. The van der Waals surface area contributed by atoms with Crippen LogP contribution in [0.1, 0.15) is 11.1 Å². The van der Waals surface area contributed by atoms with Crippen LogP contribution in [0.3, 0.4) is 0 Å². The number of fused-ring (bicyclic) bond motifs is 1. The number of nitrogens with zero attached hydrogens (tertiary/aromatic N) is 2. The summed E-state index contributed by atoms with van der Waals surface area (Å²) in [5.41, 5.74) is 0.998. The largest absolute Gasteiger partial charge is 0.418 e. The Morgan fingerprint density at radius 1 is 1.12 bits per heavy atom. The van der Waals surface area contributed by atoms with E-state index < -0.39 is 17.6 Å². The minimum absolute atomic E-state index is 0.0773. The molecule has 174 valence electrons. The molecular weight excluding hydrogens is 526 g/mol. The Bertz CT molecular complexity index is 1390. The topological polar surface area (TPSA) is 54.4 Å². The average Bonchev–Trinajstić information content (AvgIpc) is 3.19. The highest BCUT2D eigenvalue weighted by atomic mass is 35.5. The van der Waals surface area contributed by atoms with Crippen LogP contribution in [0.4, 0.5) is 24.5 Å². The Morgan fingerprint density at radius 3 is 2.68 bits per heavy atom. The minimum atomic E-state index is -4.55. The van der Waals surface area contributed by atoms with Crippen molar-refractivity contribution >= 4 is 80.0 Å². The Hall–Kier alpha value is -2.59. The lowest BCUT2D eigenvalue weighted by Crippen LogP contribution is -2.18. The quantitative estimate of drug-likeness (QED) is 0.199. The molecule has 11 heteroatoms. The van der Waals surface area contributed by atoms with E-state index in [2.05, 4.69) is 15.3 Å². The number of hydrogen-bond acceptors (Lipinski definition) is 5. The normalized spacial score (nSPS) is 11.9. The molecular formula is C23H14Cl2F3N3OS2. The van der Waals surface area contributed by atoms with Crippen molar-refractivity contribution in [3.05, 3.63) is 81.8 Å². The van der Waals surface area contributed by atoms with E-state index in [-0.39, 0.29) is 11.4 Å². The van der Waals surface area contributed by atoms with Crippen molar-refractivity contribution in [1.29, 1.82) is 0 Å². The van der Waals surface area contributed by atoms with Gasteiger partial charge in [0.25, 0.3) is 0 Å². The van der Waals surface area contributed by atoms with E-state index in [0.29, 0.717) is 20.1 Å². The highest BCUT2D eigenvalue weighted by Gasteiger charge is 2.33. The third-order valence-corrected chi connectivity index (χ3v) is 7.22. The van der Waals surface area contributed by atoms with Crippen LogP contribution in [-0.4, -0.2) is 22.9 Å². The molecule has 0 bridgehead atoms. The van der Waals surface area contributed by atoms with Crippen LogP contribution in [0.5, 0.6) is 0 Å². The van der Waals surface area contributed by atoms with Gasteiger partial charge in [-0.2, -0.15) is 13.2 Å². The highest BCUT2D eigenvalue weighted by Crippen LogP contribution is 2.35. The smallest absolute Gasteiger partial charge is 0.325 e. The van der Waals surface area contributed by atoms with Crippen molar-refractivity contribution in [2.75, 3.05) is 11.1 Å². The molecule has 1 amide bonds. The van der Waals surface area contributed by atoms with Crippen molar-refractivity contribution in [3.63, 3.8) is 0 Å². The maximum absolute atomic E-state index is 13.1. The number of hydrogen-bond donors (Lipinski definition) is 1. The monoisotopic (exact) mass is 539 g/mol. The number of para-hydroxylation sites is 1. The number of carbonyl (C=O) groups is 1. The van der Waals surface area contributed by atoms with E-state index in [1.807, 2.05) is 12.1 Å². The molecule has 0 atom stereocenters. The van der Waals surface area contributed by atoms with E-state index in [4.69, 9.17) is 23.2 Å². The Labute approximate surface area is 210 Å². The molecule has 4 rings (SSSR count). The minimum Gasteiger partial charge on any atom is -0.325 e. The number of aliphatic imine (C=N–C) groups is 1. The number of amides is 1. The number of halogens is 5. The molecule has 0 fully saturated rings. The van der Waals surface area contributed by atoms with Gasteiger partial charge in [-0.1, -0.05) is 53.2 Å². The number of anilines is 1. The molecule has 0 saturated carbocycles. The molecule has 0 radical (unpaired) electrons. The molecule has 1 aromatic heterocycles. The van der Waals surface area contributed by atoms with Crippen LogP contribution >= 0.6 is 46.3 Å². The summed E-state index contributed by atoms with van der Waals surface area (Å²) < 4.78 is 40.8. The van der Waals surface area contributed by atoms with Gasteiger partial charge in [0.2, 0.25) is 5.91 Å². The van der Waals surface area contributed by atoms with Crippen molar-refractivity contribution in [2.45, 2.75) is 10.5 Å². The second-order valence-electron chi connectivity index (χ2n) is 6.94. The lowest BCUT2D eigenvalue weighted by Gasteiger charge is -2.13. The van der Waals surface area contributed by atoms with Gasteiger partial charge in [0, 0.05) is 16.8 Å². The summed E-state index contributed by atoms with van der Waals surface area (Å²) in [5.74, 6) is -0.627. The molecule has 0 saturated heterocycles. The van der Waals surface area contributed by atoms with Crippen LogP contribution in [-0.2, 0) is 11.0 Å². The number of alkyl halides is 3. The van der Waals surface area contributed by atoms with E-state index in [9.17, 15) is 18.0 Å². The van der Waals surface area contributed by atoms with Crippen LogP contribution in [0, 0.1) is 0 Å². The summed E-state index contributed by atoms with van der Waals surface area (Å²) in [7, 11) is 0. The second kappa shape index (κ2) is 10.4. The van der Waals surface area contributed by atoms with Crippen molar-refractivity contribution in [2.24, 2.45) is 4.99 Å². The molecule has 0 spiro atoms. The lowest BCUT2D eigenvalue weighted by molar-refractivity contribution is -0.137. The van der Waals surface area contributed by atoms with Gasteiger partial charge in [0.1, 0.15) is 0 Å². The first-order valence-electron chi connectivity index (χ1n) is 9.67. The number of benzene rings is 3. The standard InChI is InChI=1S/C23H14Cl2F3N3OS2/c24-14-6-5-13(17(25)9-14)11-29-15-7-8-19-20(10-15)34-22(31-19)33-12-21(32)30-18-4-2-1-3-16(18)23(26,27)28/h1-11H,12H2,(H,30,32). The lowest BCUT2D eigenvalue weighted by atomic mass is 10.1. The molecule has 1 heterocycles. The number of rotatable bonds is 6. The predicted octanol–water partition coefficient (Wildman–Crippen LogP) is 8.10. The second-order valence-corrected chi connectivity index (χ2v) is 10.0. The summed E-state index contributed by atoms with van der Waals surface area (Å²) in [6.07, 6.45) is -2.91. The fraction of sp³-hybridized carbons (Fsp3) is 0.0870. The number of thioether (sulfide) groups is 1. The molecule has 1 N–H and O–H groups in total. The summed E-state index contributed by atoms with van der Waals surface area (Å²) in [4.78, 5) is 21.1. The molecule has 0 aliphatic rings. The van der Waals surface area contributed by atoms with E-state index in [1.165, 1.54) is 29.5 Å². The summed E-state index contributed by atoms with van der Waals surface area (Å²) >= 11 is 14.6. The zero-order valence-corrected chi connectivity index (χ0v) is 20.2. The zero-order valence-electron chi connectivity index (χ0n) is 17.1. The summed E-state index contributed by atoms with van der Waals surface area (Å²) in [6, 6.07) is 15.5. The zero-order chi connectivity index (χ0) is 24.3. The maximum Gasteiger partial charge on any atom is 0.418 e. The predicted molar refractivity (Wildman–Crippen MR) is 134 cm³/mol. The van der Waals surface area contributed by atoms with Crippen molar-refractivity contribution in [3.8, 4) is 0 Å². The first-order chi connectivity index (χ1) is 16.2. The highest BCUT2D eigenvalue weighted by molar-refractivity contribution is 8.01. The third-order valence-electron chi connectivity index (χ3n) is 4.50. The van der Waals surface area contributed by atoms with Gasteiger partial charge in [-0.25, -0.2) is 4.98 Å². The molecule has 3 aromatic carbocycles. The summed E-state index contributed by atoms with van der Waals surface area (Å²) in [6.45, 7) is 0. The van der Waals surface area contributed by atoms with E-state index in [0.717, 1.165) is 33.6 Å². The van der Waals surface area contributed by atoms with Gasteiger partial charge in [-0.05, 0) is 42.5 Å². The number of thiazole rings is 1. The Balaban J connectivity index is 1.42. The summed E-state index contributed by atoms with van der Waals surface area (Å²) in [5, 5.41) is 3.36. The van der Waals surface area contributed by atoms with Crippen LogP contribution in [0.25, 0.3) is 10.2 Å². The first-order valence-corrected chi connectivity index (χ1v) is 12.2. The number of aromatic nitrogens is 1. The fourth-order valence-corrected chi connectivity index (χ4v) is 5.30. The van der Waals surface area contributed by atoms with Gasteiger partial charge in [0.05, 0.1) is 37.9 Å². The van der Waals surface area contributed by atoms with Gasteiger partial charge in [-0.3, -0.25) is 9.79 Å². The maximum atomic E-state index is 13.1.